The highest BCUT2D eigenvalue weighted by Crippen LogP contribution is 2.41. The third-order valence-corrected chi connectivity index (χ3v) is 7.03. The molecule has 0 N–H and O–H groups in total. The largest absolute Gasteiger partial charge is 0.485 e. The fraction of sp³-hybridized carbons (Fsp3) is 0.480. The Bertz CT molecular complexity index is 903. The van der Waals surface area contributed by atoms with Gasteiger partial charge in [-0.05, 0) is 62.0 Å². The molecule has 3 aliphatic heterocycles. The Balaban J connectivity index is 1.18. The standard InChI is InChI=1S/C25H30N2O3/c1-26-14-4-11-25(24(26)28)12-15-27(16-13-25)17-19-7-9-20(10-8-19)23-18-29-21-5-2-3-6-22(21)30-23/h2-3,5-10,23H,4,11-18H2,1H3. The maximum Gasteiger partial charge on any atom is 0.228 e. The zero-order valence-corrected chi connectivity index (χ0v) is 17.7. The van der Waals surface area contributed by atoms with Crippen LogP contribution in [0.25, 0.3) is 0 Å². The smallest absolute Gasteiger partial charge is 0.228 e. The molecule has 0 bridgehead atoms. The summed E-state index contributed by atoms with van der Waals surface area (Å²) in [6.45, 7) is 4.38. The number of likely N-dealkylation sites (tertiary alicyclic amines) is 2. The van der Waals surface area contributed by atoms with Gasteiger partial charge in [-0.15, -0.1) is 0 Å². The molecule has 0 saturated carbocycles. The van der Waals surface area contributed by atoms with E-state index in [1.807, 2.05) is 36.2 Å². The van der Waals surface area contributed by atoms with E-state index < -0.39 is 0 Å². The molecule has 1 unspecified atom stereocenters. The minimum Gasteiger partial charge on any atom is -0.485 e. The molecular weight excluding hydrogens is 376 g/mol. The van der Waals surface area contributed by atoms with Gasteiger partial charge < -0.3 is 14.4 Å². The number of rotatable bonds is 3. The van der Waals surface area contributed by atoms with Crippen LogP contribution < -0.4 is 9.47 Å². The van der Waals surface area contributed by atoms with Crippen LogP contribution in [-0.2, 0) is 11.3 Å². The van der Waals surface area contributed by atoms with E-state index in [9.17, 15) is 4.79 Å². The highest BCUT2D eigenvalue weighted by molar-refractivity contribution is 5.83. The molecular formula is C25H30N2O3. The van der Waals surface area contributed by atoms with Crippen LogP contribution in [0, 0.1) is 5.41 Å². The first-order valence-corrected chi connectivity index (χ1v) is 11.1. The minimum absolute atomic E-state index is 0.0712. The minimum atomic E-state index is -0.0953. The van der Waals surface area contributed by atoms with Gasteiger partial charge in [-0.3, -0.25) is 9.69 Å². The van der Waals surface area contributed by atoms with E-state index in [0.717, 1.165) is 68.9 Å². The average Bonchev–Trinajstić information content (AvgIpc) is 2.79. The lowest BCUT2D eigenvalue weighted by atomic mass is 9.72. The van der Waals surface area contributed by atoms with Crippen LogP contribution in [0.15, 0.2) is 48.5 Å². The van der Waals surface area contributed by atoms with Crippen molar-refractivity contribution < 1.29 is 14.3 Å². The van der Waals surface area contributed by atoms with Crippen LogP contribution in [0.5, 0.6) is 11.5 Å². The van der Waals surface area contributed by atoms with Gasteiger partial charge in [0.2, 0.25) is 5.91 Å². The maximum atomic E-state index is 12.7. The Labute approximate surface area is 178 Å². The molecule has 5 heteroatoms. The molecule has 1 amide bonds. The number of fused-ring (bicyclic) bond motifs is 1. The summed E-state index contributed by atoms with van der Waals surface area (Å²) >= 11 is 0. The molecule has 3 aliphatic rings. The number of carbonyl (C=O) groups excluding carboxylic acids is 1. The third-order valence-electron chi connectivity index (χ3n) is 7.03. The Morgan fingerprint density at radius 2 is 1.70 bits per heavy atom. The first-order valence-electron chi connectivity index (χ1n) is 11.1. The molecule has 0 aliphatic carbocycles. The number of benzene rings is 2. The Kier molecular flexibility index (Phi) is 5.15. The molecule has 2 aromatic rings. The molecule has 0 radical (unpaired) electrons. The van der Waals surface area contributed by atoms with Gasteiger partial charge in [0.25, 0.3) is 0 Å². The van der Waals surface area contributed by atoms with Crippen LogP contribution in [0.1, 0.15) is 42.9 Å². The number of para-hydroxylation sites is 2. The van der Waals surface area contributed by atoms with E-state index in [1.54, 1.807) is 0 Å². The normalized spacial score (nSPS) is 23.6. The number of ether oxygens (including phenoxy) is 2. The van der Waals surface area contributed by atoms with Crippen LogP contribution >= 0.6 is 0 Å². The van der Waals surface area contributed by atoms with Crippen LogP contribution in [0.4, 0.5) is 0 Å². The predicted octanol–water partition coefficient (Wildman–Crippen LogP) is 4.03. The van der Waals surface area contributed by atoms with Crippen molar-refractivity contribution in [2.24, 2.45) is 5.41 Å². The van der Waals surface area contributed by atoms with Crippen molar-refractivity contribution in [2.75, 3.05) is 33.3 Å². The van der Waals surface area contributed by atoms with Crippen molar-refractivity contribution in [3.8, 4) is 11.5 Å². The lowest BCUT2D eigenvalue weighted by Crippen LogP contribution is -2.52. The van der Waals surface area contributed by atoms with E-state index in [0.29, 0.717) is 12.5 Å². The molecule has 2 aromatic carbocycles. The van der Waals surface area contributed by atoms with Gasteiger partial charge in [0, 0.05) is 20.1 Å². The molecule has 2 saturated heterocycles. The van der Waals surface area contributed by atoms with Crippen molar-refractivity contribution in [3.05, 3.63) is 59.7 Å². The average molecular weight is 407 g/mol. The van der Waals surface area contributed by atoms with Crippen molar-refractivity contribution in [2.45, 2.75) is 38.3 Å². The van der Waals surface area contributed by atoms with E-state index >= 15 is 0 Å². The summed E-state index contributed by atoms with van der Waals surface area (Å²) in [5.41, 5.74) is 2.35. The molecule has 30 heavy (non-hydrogen) atoms. The second kappa shape index (κ2) is 7.95. The second-order valence-corrected chi connectivity index (χ2v) is 8.99. The van der Waals surface area contributed by atoms with Crippen molar-refractivity contribution in [1.29, 1.82) is 0 Å². The summed E-state index contributed by atoms with van der Waals surface area (Å²) in [5.74, 6) is 1.99. The van der Waals surface area contributed by atoms with E-state index in [-0.39, 0.29) is 11.5 Å². The zero-order chi connectivity index (χ0) is 20.6. The van der Waals surface area contributed by atoms with Gasteiger partial charge in [0.1, 0.15) is 6.61 Å². The fourth-order valence-electron chi connectivity index (χ4n) is 5.15. The topological polar surface area (TPSA) is 42.0 Å². The fourth-order valence-corrected chi connectivity index (χ4v) is 5.15. The van der Waals surface area contributed by atoms with Crippen LogP contribution in [0.3, 0.4) is 0 Å². The number of nitrogens with zero attached hydrogens (tertiary/aromatic N) is 2. The zero-order valence-electron chi connectivity index (χ0n) is 17.7. The summed E-state index contributed by atoms with van der Waals surface area (Å²) in [5, 5.41) is 0. The van der Waals surface area contributed by atoms with E-state index in [4.69, 9.17) is 9.47 Å². The molecule has 5 nitrogen and oxygen atoms in total. The molecule has 3 heterocycles. The summed E-state index contributed by atoms with van der Waals surface area (Å²) in [7, 11) is 1.96. The monoisotopic (exact) mass is 406 g/mol. The van der Waals surface area contributed by atoms with Gasteiger partial charge in [-0.1, -0.05) is 36.4 Å². The van der Waals surface area contributed by atoms with Crippen molar-refractivity contribution in [1.82, 2.24) is 9.80 Å². The quantitative estimate of drug-likeness (QED) is 0.772. The number of piperidine rings is 2. The second-order valence-electron chi connectivity index (χ2n) is 8.99. The summed E-state index contributed by atoms with van der Waals surface area (Å²) < 4.78 is 12.0. The first-order chi connectivity index (χ1) is 14.6. The highest BCUT2D eigenvalue weighted by Gasteiger charge is 2.44. The molecule has 1 spiro atoms. The summed E-state index contributed by atoms with van der Waals surface area (Å²) in [6, 6.07) is 16.5. The van der Waals surface area contributed by atoms with Gasteiger partial charge in [-0.25, -0.2) is 0 Å². The third kappa shape index (κ3) is 3.67. The van der Waals surface area contributed by atoms with E-state index in [1.165, 1.54) is 5.56 Å². The van der Waals surface area contributed by atoms with Gasteiger partial charge in [0.05, 0.1) is 5.41 Å². The van der Waals surface area contributed by atoms with Crippen LogP contribution in [-0.4, -0.2) is 49.0 Å². The number of hydrogen-bond donors (Lipinski definition) is 0. The molecule has 0 aromatic heterocycles. The molecule has 1 atom stereocenters. The lowest BCUT2D eigenvalue weighted by molar-refractivity contribution is -0.148. The Morgan fingerprint density at radius 3 is 2.47 bits per heavy atom. The molecule has 2 fully saturated rings. The SMILES string of the molecule is CN1CCCC2(CCN(Cc3ccc(C4COc5ccccc5O4)cc3)CC2)C1=O. The first kappa shape index (κ1) is 19.4. The predicted molar refractivity (Wildman–Crippen MR) is 116 cm³/mol. The van der Waals surface area contributed by atoms with E-state index in [2.05, 4.69) is 29.2 Å². The molecule has 158 valence electrons. The number of hydrogen-bond acceptors (Lipinski definition) is 4. The molecule has 5 rings (SSSR count). The van der Waals surface area contributed by atoms with Gasteiger partial charge in [-0.2, -0.15) is 0 Å². The summed E-state index contributed by atoms with van der Waals surface area (Å²) in [6.07, 6.45) is 4.10. The highest BCUT2D eigenvalue weighted by atomic mass is 16.6. The number of carbonyl (C=O) groups is 1. The lowest BCUT2D eigenvalue weighted by Gasteiger charge is -2.45. The summed E-state index contributed by atoms with van der Waals surface area (Å²) in [4.78, 5) is 17.1. The Morgan fingerprint density at radius 1 is 0.967 bits per heavy atom. The van der Waals surface area contributed by atoms with Crippen molar-refractivity contribution in [3.63, 3.8) is 0 Å². The van der Waals surface area contributed by atoms with Crippen molar-refractivity contribution >= 4 is 5.91 Å². The van der Waals surface area contributed by atoms with Gasteiger partial charge in [0.15, 0.2) is 17.6 Å². The maximum absolute atomic E-state index is 12.7. The Hall–Kier alpha value is -2.53. The van der Waals surface area contributed by atoms with Crippen LogP contribution in [0.2, 0.25) is 0 Å². The number of amides is 1. The van der Waals surface area contributed by atoms with Gasteiger partial charge >= 0.3 is 0 Å².